The van der Waals surface area contributed by atoms with Gasteiger partial charge in [-0.3, -0.25) is 4.79 Å². The first-order chi connectivity index (χ1) is 8.29. The van der Waals surface area contributed by atoms with Crippen LogP contribution in [0.25, 0.3) is 10.9 Å². The van der Waals surface area contributed by atoms with Crippen molar-refractivity contribution in [3.8, 4) is 0 Å². The maximum atomic E-state index is 11.1. The van der Waals surface area contributed by atoms with Crippen LogP contribution in [0.5, 0.6) is 0 Å². The zero-order valence-corrected chi connectivity index (χ0v) is 10.8. The van der Waals surface area contributed by atoms with Gasteiger partial charge >= 0.3 is 0 Å². The summed E-state index contributed by atoms with van der Waals surface area (Å²) in [6.07, 6.45) is 2.34. The third kappa shape index (κ3) is 3.37. The number of rotatable bonds is 6. The van der Waals surface area contributed by atoms with Gasteiger partial charge in [-0.15, -0.1) is 11.8 Å². The fraction of sp³-hybridized carbons (Fsp3) is 0.357. The number of thioether (sulfide) groups is 1. The van der Waals surface area contributed by atoms with Crippen LogP contribution < -0.4 is 0 Å². The molecule has 1 N–H and O–H groups in total. The number of H-pyrrole nitrogens is 1. The number of aromatic amines is 1. The number of ketones is 1. The van der Waals surface area contributed by atoms with Crippen molar-refractivity contribution < 1.29 is 4.79 Å². The van der Waals surface area contributed by atoms with Crippen molar-refractivity contribution in [2.24, 2.45) is 0 Å². The maximum absolute atomic E-state index is 11.1. The van der Waals surface area contributed by atoms with E-state index < -0.39 is 0 Å². The van der Waals surface area contributed by atoms with Crippen molar-refractivity contribution in [3.05, 3.63) is 30.3 Å². The van der Waals surface area contributed by atoms with Gasteiger partial charge in [0.25, 0.3) is 0 Å². The van der Waals surface area contributed by atoms with E-state index in [1.54, 1.807) is 11.8 Å². The largest absolute Gasteiger partial charge is 0.350 e. The van der Waals surface area contributed by atoms with E-state index in [1.807, 2.05) is 19.1 Å². The number of para-hydroxylation sites is 1. The van der Waals surface area contributed by atoms with Crippen LogP contribution in [0.3, 0.4) is 0 Å². The van der Waals surface area contributed by atoms with E-state index in [0.29, 0.717) is 18.6 Å². The summed E-state index contributed by atoms with van der Waals surface area (Å²) in [7, 11) is 0. The molecule has 0 radical (unpaired) electrons. The highest BCUT2D eigenvalue weighted by atomic mass is 32.2. The molecule has 0 amide bonds. The normalized spacial score (nSPS) is 10.9. The summed E-state index contributed by atoms with van der Waals surface area (Å²) in [6, 6.07) is 10.4. The van der Waals surface area contributed by atoms with Gasteiger partial charge in [0.05, 0.1) is 5.03 Å². The molecule has 0 atom stereocenters. The predicted octanol–water partition coefficient (Wildman–Crippen LogP) is 4.02. The molecule has 17 heavy (non-hydrogen) atoms. The summed E-state index contributed by atoms with van der Waals surface area (Å²) in [5, 5.41) is 2.44. The van der Waals surface area contributed by atoms with Gasteiger partial charge in [0.1, 0.15) is 5.78 Å². The molecule has 0 unspecified atom stereocenters. The Morgan fingerprint density at radius 2 is 2.18 bits per heavy atom. The van der Waals surface area contributed by atoms with E-state index in [1.165, 1.54) is 15.9 Å². The Morgan fingerprint density at radius 3 is 2.94 bits per heavy atom. The minimum atomic E-state index is 0.363. The number of benzene rings is 1. The highest BCUT2D eigenvalue weighted by molar-refractivity contribution is 7.99. The molecule has 2 nitrogen and oxygen atoms in total. The fourth-order valence-electron chi connectivity index (χ4n) is 1.75. The summed E-state index contributed by atoms with van der Waals surface area (Å²) in [5.41, 5.74) is 1.18. The molecule has 0 aliphatic heterocycles. The quantitative estimate of drug-likeness (QED) is 0.617. The summed E-state index contributed by atoms with van der Waals surface area (Å²) in [5.74, 6) is 1.36. The lowest BCUT2D eigenvalue weighted by Crippen LogP contribution is -1.95. The summed E-state index contributed by atoms with van der Waals surface area (Å²) in [6.45, 7) is 1.92. The first-order valence-electron chi connectivity index (χ1n) is 6.02. The molecule has 0 spiro atoms. The minimum absolute atomic E-state index is 0.363. The van der Waals surface area contributed by atoms with Crippen molar-refractivity contribution in [1.29, 1.82) is 0 Å². The molecule has 1 aromatic heterocycles. The average molecular weight is 247 g/mol. The number of Topliss-reactive ketones (excluding diaryl/α,β-unsaturated/α-hetero) is 1. The summed E-state index contributed by atoms with van der Waals surface area (Å²) >= 11 is 1.79. The fourth-order valence-corrected chi connectivity index (χ4v) is 2.65. The number of hydrogen-bond acceptors (Lipinski definition) is 2. The van der Waals surface area contributed by atoms with Gasteiger partial charge < -0.3 is 4.98 Å². The second-order valence-corrected chi connectivity index (χ2v) is 5.20. The number of carbonyl (C=O) groups is 1. The minimum Gasteiger partial charge on any atom is -0.350 e. The molecular weight excluding hydrogens is 230 g/mol. The van der Waals surface area contributed by atoms with Crippen molar-refractivity contribution in [2.45, 2.75) is 31.2 Å². The van der Waals surface area contributed by atoms with Crippen LogP contribution in [0.4, 0.5) is 0 Å². The highest BCUT2D eigenvalue weighted by Gasteiger charge is 2.02. The lowest BCUT2D eigenvalue weighted by molar-refractivity contribution is -0.118. The molecule has 0 bridgehead atoms. The van der Waals surface area contributed by atoms with Crippen LogP contribution in [0, 0.1) is 0 Å². The standard InChI is InChI=1S/C14H17NOS/c1-2-12(16)7-5-9-17-14-10-11-6-3-4-8-13(11)15-14/h3-4,6,8,10,15H,2,5,7,9H2,1H3. The monoisotopic (exact) mass is 247 g/mol. The smallest absolute Gasteiger partial charge is 0.132 e. The molecule has 1 aromatic carbocycles. The van der Waals surface area contributed by atoms with E-state index >= 15 is 0 Å². The molecule has 1 heterocycles. The zero-order chi connectivity index (χ0) is 12.1. The molecule has 2 rings (SSSR count). The van der Waals surface area contributed by atoms with E-state index in [4.69, 9.17) is 0 Å². The highest BCUT2D eigenvalue weighted by Crippen LogP contribution is 2.23. The molecule has 0 fully saturated rings. The first-order valence-corrected chi connectivity index (χ1v) is 7.00. The van der Waals surface area contributed by atoms with Gasteiger partial charge in [-0.25, -0.2) is 0 Å². The summed E-state index contributed by atoms with van der Waals surface area (Å²) < 4.78 is 0. The van der Waals surface area contributed by atoms with Crippen LogP contribution in [-0.4, -0.2) is 16.5 Å². The Hall–Kier alpha value is -1.22. The number of carbonyl (C=O) groups excluding carboxylic acids is 1. The van der Waals surface area contributed by atoms with Crippen molar-refractivity contribution in [1.82, 2.24) is 4.98 Å². The Bertz CT molecular complexity index is 471. The van der Waals surface area contributed by atoms with E-state index in [0.717, 1.165) is 12.2 Å². The molecular formula is C14H17NOS. The third-order valence-corrected chi connectivity index (χ3v) is 3.78. The van der Waals surface area contributed by atoms with Gasteiger partial charge in [-0.05, 0) is 24.3 Å². The Morgan fingerprint density at radius 1 is 1.35 bits per heavy atom. The lowest BCUT2D eigenvalue weighted by Gasteiger charge is -1.98. The number of fused-ring (bicyclic) bond motifs is 1. The van der Waals surface area contributed by atoms with Crippen LogP contribution in [-0.2, 0) is 4.79 Å². The Kier molecular flexibility index (Phi) is 4.26. The van der Waals surface area contributed by atoms with Crippen LogP contribution in [0.2, 0.25) is 0 Å². The van der Waals surface area contributed by atoms with Crippen molar-refractivity contribution in [3.63, 3.8) is 0 Å². The molecule has 0 saturated carbocycles. The Labute approximate surface area is 106 Å². The van der Waals surface area contributed by atoms with E-state index in [-0.39, 0.29) is 0 Å². The van der Waals surface area contributed by atoms with Gasteiger partial charge in [-0.2, -0.15) is 0 Å². The van der Waals surface area contributed by atoms with Gasteiger partial charge in [0.15, 0.2) is 0 Å². The average Bonchev–Trinajstić information content (AvgIpc) is 2.76. The number of aromatic nitrogens is 1. The Balaban J connectivity index is 1.85. The van der Waals surface area contributed by atoms with Gasteiger partial charge in [-0.1, -0.05) is 25.1 Å². The molecule has 0 saturated heterocycles. The van der Waals surface area contributed by atoms with E-state index in [9.17, 15) is 4.79 Å². The number of hydrogen-bond donors (Lipinski definition) is 1. The second kappa shape index (κ2) is 5.92. The van der Waals surface area contributed by atoms with Crippen molar-refractivity contribution in [2.75, 3.05) is 5.75 Å². The summed E-state index contributed by atoms with van der Waals surface area (Å²) in [4.78, 5) is 14.5. The first kappa shape index (κ1) is 12.2. The molecule has 2 aromatic rings. The van der Waals surface area contributed by atoms with E-state index in [2.05, 4.69) is 23.2 Å². The predicted molar refractivity (Wildman–Crippen MR) is 73.6 cm³/mol. The molecule has 0 aliphatic rings. The zero-order valence-electron chi connectivity index (χ0n) is 10.0. The van der Waals surface area contributed by atoms with Crippen molar-refractivity contribution >= 4 is 28.4 Å². The van der Waals surface area contributed by atoms with Crippen LogP contribution >= 0.6 is 11.8 Å². The van der Waals surface area contributed by atoms with Crippen LogP contribution in [0.1, 0.15) is 26.2 Å². The molecule has 90 valence electrons. The number of nitrogens with one attached hydrogen (secondary N) is 1. The topological polar surface area (TPSA) is 32.9 Å². The lowest BCUT2D eigenvalue weighted by atomic mass is 10.2. The third-order valence-electron chi connectivity index (χ3n) is 2.76. The van der Waals surface area contributed by atoms with Gasteiger partial charge in [0.2, 0.25) is 0 Å². The second-order valence-electron chi connectivity index (χ2n) is 4.07. The van der Waals surface area contributed by atoms with Gasteiger partial charge in [0, 0.05) is 23.7 Å². The maximum Gasteiger partial charge on any atom is 0.132 e. The SMILES string of the molecule is CCC(=O)CCCSc1cc2ccccc2[nH]1. The van der Waals surface area contributed by atoms with Crippen LogP contribution in [0.15, 0.2) is 35.4 Å². The molecule has 3 heteroatoms. The molecule has 0 aliphatic carbocycles.